The second kappa shape index (κ2) is 4.55. The molecule has 90 valence electrons. The molecule has 0 unspecified atom stereocenters. The van der Waals surface area contributed by atoms with Gasteiger partial charge in [0.15, 0.2) is 0 Å². The monoisotopic (exact) mass is 233 g/mol. The fourth-order valence-corrected chi connectivity index (χ4v) is 1.80. The van der Waals surface area contributed by atoms with E-state index in [1.165, 1.54) is 4.90 Å². The van der Waals surface area contributed by atoms with Crippen LogP contribution in [-0.2, 0) is 9.59 Å². The number of hydrogen-bond donors (Lipinski definition) is 2. The summed E-state index contributed by atoms with van der Waals surface area (Å²) in [4.78, 5) is 25.0. The average molecular weight is 233 g/mol. The van der Waals surface area contributed by atoms with Crippen molar-refractivity contribution >= 4 is 23.2 Å². The van der Waals surface area contributed by atoms with Gasteiger partial charge in [-0.3, -0.25) is 14.5 Å². The van der Waals surface area contributed by atoms with Crippen LogP contribution < -0.4 is 16.0 Å². The molecule has 0 spiro atoms. The van der Waals surface area contributed by atoms with Gasteiger partial charge in [-0.15, -0.1) is 0 Å². The lowest BCUT2D eigenvalue weighted by atomic mass is 10.1. The number of nitrogens with two attached hydrogens (primary N) is 1. The van der Waals surface area contributed by atoms with Crippen LogP contribution in [0.25, 0.3) is 0 Å². The zero-order valence-corrected chi connectivity index (χ0v) is 9.64. The maximum absolute atomic E-state index is 12.1. The summed E-state index contributed by atoms with van der Waals surface area (Å²) < 4.78 is 0. The van der Waals surface area contributed by atoms with Gasteiger partial charge in [-0.25, -0.2) is 0 Å². The van der Waals surface area contributed by atoms with Gasteiger partial charge in [-0.05, 0) is 18.6 Å². The molecule has 2 rings (SSSR count). The molecule has 1 aromatic carbocycles. The second-order valence-corrected chi connectivity index (χ2v) is 4.00. The maximum atomic E-state index is 12.1. The summed E-state index contributed by atoms with van der Waals surface area (Å²) in [5.41, 5.74) is 7.09. The lowest BCUT2D eigenvalue weighted by Gasteiger charge is -2.30. The Hall–Kier alpha value is -1.88. The summed E-state index contributed by atoms with van der Waals surface area (Å²) in [5.74, 6) is -0.407. The Morgan fingerprint density at radius 3 is 2.94 bits per heavy atom. The van der Waals surface area contributed by atoms with E-state index in [0.717, 1.165) is 0 Å². The highest BCUT2D eigenvalue weighted by Gasteiger charge is 2.28. The van der Waals surface area contributed by atoms with Gasteiger partial charge in [-0.1, -0.05) is 19.1 Å². The smallest absolute Gasteiger partial charge is 0.244 e. The highest BCUT2D eigenvalue weighted by atomic mass is 16.2. The van der Waals surface area contributed by atoms with Gasteiger partial charge in [0.25, 0.3) is 0 Å². The van der Waals surface area contributed by atoms with Crippen LogP contribution in [0.5, 0.6) is 0 Å². The Kier molecular flexibility index (Phi) is 3.10. The summed E-state index contributed by atoms with van der Waals surface area (Å²) in [5, 5.41) is 2.73. The molecule has 3 N–H and O–H groups in total. The van der Waals surface area contributed by atoms with Crippen molar-refractivity contribution in [1.82, 2.24) is 0 Å². The molecule has 1 aliphatic rings. The minimum atomic E-state index is -0.561. The Balaban J connectivity index is 2.36. The van der Waals surface area contributed by atoms with Gasteiger partial charge in [0.1, 0.15) is 6.54 Å². The largest absolute Gasteiger partial charge is 0.323 e. The van der Waals surface area contributed by atoms with Gasteiger partial charge >= 0.3 is 0 Å². The number of fused-ring (bicyclic) bond motifs is 1. The Labute approximate surface area is 99.6 Å². The van der Waals surface area contributed by atoms with Crippen LogP contribution in [0.4, 0.5) is 11.4 Å². The summed E-state index contributed by atoms with van der Waals surface area (Å²) in [6.45, 7) is 1.88. The molecule has 17 heavy (non-hydrogen) atoms. The first-order valence-corrected chi connectivity index (χ1v) is 5.59. The van der Waals surface area contributed by atoms with Crippen molar-refractivity contribution in [3.63, 3.8) is 0 Å². The predicted molar refractivity (Wildman–Crippen MR) is 65.7 cm³/mol. The summed E-state index contributed by atoms with van der Waals surface area (Å²) in [7, 11) is 0. The van der Waals surface area contributed by atoms with Crippen molar-refractivity contribution in [2.75, 3.05) is 16.8 Å². The third-order valence-electron chi connectivity index (χ3n) is 2.79. The molecule has 0 saturated carbocycles. The predicted octanol–water partition coefficient (Wildman–Crippen LogP) is 0.709. The number of carbonyl (C=O) groups excluding carboxylic acids is 2. The fraction of sp³-hybridized carbons (Fsp3) is 0.333. The molecule has 1 heterocycles. The maximum Gasteiger partial charge on any atom is 0.244 e. The molecule has 0 saturated heterocycles. The quantitative estimate of drug-likeness (QED) is 0.789. The number of nitrogens with one attached hydrogen (secondary N) is 1. The van der Waals surface area contributed by atoms with E-state index < -0.39 is 6.04 Å². The standard InChI is InChI=1S/C12H15N3O2/c1-2-8(13)12(17)15-7-11(16)14-9-5-3-4-6-10(9)15/h3-6,8H,2,7,13H2,1H3,(H,14,16)/t8-/m1/s1. The zero-order valence-electron chi connectivity index (χ0n) is 9.64. The van der Waals surface area contributed by atoms with Crippen molar-refractivity contribution in [3.8, 4) is 0 Å². The van der Waals surface area contributed by atoms with E-state index in [1.807, 2.05) is 19.1 Å². The summed E-state index contributed by atoms with van der Waals surface area (Å²) in [6.07, 6.45) is 0.555. The van der Waals surface area contributed by atoms with Crippen molar-refractivity contribution in [2.45, 2.75) is 19.4 Å². The third kappa shape index (κ3) is 2.14. The van der Waals surface area contributed by atoms with Crippen LogP contribution in [0, 0.1) is 0 Å². The van der Waals surface area contributed by atoms with Crippen molar-refractivity contribution in [1.29, 1.82) is 0 Å². The Morgan fingerprint density at radius 2 is 2.24 bits per heavy atom. The van der Waals surface area contributed by atoms with E-state index in [2.05, 4.69) is 5.32 Å². The first-order chi connectivity index (χ1) is 8.13. The Morgan fingerprint density at radius 1 is 1.53 bits per heavy atom. The molecule has 0 aliphatic carbocycles. The van der Waals surface area contributed by atoms with Gasteiger partial charge in [0.2, 0.25) is 11.8 Å². The Bertz CT molecular complexity index is 459. The van der Waals surface area contributed by atoms with Crippen LogP contribution in [0.15, 0.2) is 24.3 Å². The number of para-hydroxylation sites is 2. The molecular weight excluding hydrogens is 218 g/mol. The number of amides is 2. The molecule has 1 aromatic rings. The molecule has 0 fully saturated rings. The second-order valence-electron chi connectivity index (χ2n) is 4.00. The molecule has 0 aromatic heterocycles. The van der Waals surface area contributed by atoms with Crippen LogP contribution >= 0.6 is 0 Å². The fourth-order valence-electron chi connectivity index (χ4n) is 1.80. The van der Waals surface area contributed by atoms with E-state index in [-0.39, 0.29) is 18.4 Å². The number of hydrogen-bond acceptors (Lipinski definition) is 3. The van der Waals surface area contributed by atoms with Gasteiger partial charge in [-0.2, -0.15) is 0 Å². The van der Waals surface area contributed by atoms with E-state index >= 15 is 0 Å². The number of nitrogens with zero attached hydrogens (tertiary/aromatic N) is 1. The lowest BCUT2D eigenvalue weighted by Crippen LogP contribution is -2.49. The highest BCUT2D eigenvalue weighted by molar-refractivity contribution is 6.11. The number of rotatable bonds is 2. The zero-order chi connectivity index (χ0) is 12.4. The number of benzene rings is 1. The van der Waals surface area contributed by atoms with Gasteiger partial charge < -0.3 is 11.1 Å². The number of anilines is 2. The van der Waals surface area contributed by atoms with Crippen molar-refractivity contribution < 1.29 is 9.59 Å². The highest BCUT2D eigenvalue weighted by Crippen LogP contribution is 2.29. The summed E-state index contributed by atoms with van der Waals surface area (Å²) in [6, 6.07) is 6.65. The topological polar surface area (TPSA) is 75.4 Å². The molecule has 1 atom stereocenters. The summed E-state index contributed by atoms with van der Waals surface area (Å²) >= 11 is 0. The molecule has 1 aliphatic heterocycles. The van der Waals surface area contributed by atoms with Crippen LogP contribution in [0.2, 0.25) is 0 Å². The molecule has 5 heteroatoms. The minimum Gasteiger partial charge on any atom is -0.323 e. The van der Waals surface area contributed by atoms with Gasteiger partial charge in [0, 0.05) is 0 Å². The van der Waals surface area contributed by atoms with Gasteiger partial charge in [0.05, 0.1) is 17.4 Å². The van der Waals surface area contributed by atoms with Crippen molar-refractivity contribution in [3.05, 3.63) is 24.3 Å². The SMILES string of the molecule is CC[C@@H](N)C(=O)N1CC(=O)Nc2ccccc21. The van der Waals surface area contributed by atoms with E-state index in [4.69, 9.17) is 5.73 Å². The first kappa shape index (κ1) is 11.6. The van der Waals surface area contributed by atoms with E-state index in [9.17, 15) is 9.59 Å². The normalized spacial score (nSPS) is 16.1. The van der Waals surface area contributed by atoms with Crippen LogP contribution in [0.3, 0.4) is 0 Å². The molecule has 2 amide bonds. The molecule has 0 radical (unpaired) electrons. The van der Waals surface area contributed by atoms with Crippen LogP contribution in [-0.4, -0.2) is 24.4 Å². The third-order valence-corrected chi connectivity index (χ3v) is 2.79. The first-order valence-electron chi connectivity index (χ1n) is 5.59. The minimum absolute atomic E-state index is 0.0313. The van der Waals surface area contributed by atoms with Crippen LogP contribution in [0.1, 0.15) is 13.3 Å². The van der Waals surface area contributed by atoms with E-state index in [1.54, 1.807) is 12.1 Å². The average Bonchev–Trinajstić information content (AvgIpc) is 2.35. The molecule has 5 nitrogen and oxygen atoms in total. The molecular formula is C12H15N3O2. The number of carbonyl (C=O) groups is 2. The van der Waals surface area contributed by atoms with Crippen molar-refractivity contribution in [2.24, 2.45) is 5.73 Å². The lowest BCUT2D eigenvalue weighted by molar-refractivity contribution is -0.122. The molecule has 0 bridgehead atoms. The van der Waals surface area contributed by atoms with E-state index in [0.29, 0.717) is 17.8 Å².